The molecule has 3 N–H and O–H groups in total. The van der Waals surface area contributed by atoms with E-state index in [0.717, 1.165) is 33.4 Å². The first-order valence-electron chi connectivity index (χ1n) is 11.0. The van der Waals surface area contributed by atoms with Gasteiger partial charge in [0.05, 0.1) is 26.0 Å². The minimum atomic E-state index is -0.0341. The maximum atomic E-state index is 9.43. The Morgan fingerprint density at radius 2 is 1.50 bits per heavy atom. The molecular formula is C27H26ClN3O3. The molecule has 0 amide bonds. The van der Waals surface area contributed by atoms with Crippen LogP contribution in [0.25, 0.3) is 22.4 Å². The second kappa shape index (κ2) is 11.1. The molecule has 0 radical (unpaired) electrons. The van der Waals surface area contributed by atoms with Crippen molar-refractivity contribution in [3.8, 4) is 28.4 Å². The van der Waals surface area contributed by atoms with Crippen molar-refractivity contribution in [1.82, 2.24) is 9.97 Å². The normalized spacial score (nSPS) is 10.8. The van der Waals surface area contributed by atoms with E-state index in [0.29, 0.717) is 29.5 Å². The van der Waals surface area contributed by atoms with E-state index in [-0.39, 0.29) is 19.2 Å². The van der Waals surface area contributed by atoms with Crippen molar-refractivity contribution < 1.29 is 14.9 Å². The van der Waals surface area contributed by atoms with Crippen molar-refractivity contribution >= 4 is 17.4 Å². The fraction of sp³-hybridized carbons (Fsp3) is 0.185. The van der Waals surface area contributed by atoms with Crippen LogP contribution in [-0.2, 0) is 19.6 Å². The molecule has 1 heterocycles. The van der Waals surface area contributed by atoms with Gasteiger partial charge in [-0.25, -0.2) is 0 Å². The molecule has 174 valence electrons. The Morgan fingerprint density at radius 3 is 2.18 bits per heavy atom. The number of anilines is 1. The first kappa shape index (κ1) is 23.7. The predicted molar refractivity (Wildman–Crippen MR) is 135 cm³/mol. The summed E-state index contributed by atoms with van der Waals surface area (Å²) in [5.41, 5.74) is 6.30. The van der Waals surface area contributed by atoms with E-state index >= 15 is 0 Å². The van der Waals surface area contributed by atoms with Crippen molar-refractivity contribution in [2.24, 2.45) is 0 Å². The molecule has 7 heteroatoms. The highest BCUT2D eigenvalue weighted by molar-refractivity contribution is 6.31. The summed E-state index contributed by atoms with van der Waals surface area (Å²) in [5.74, 6) is 0.643. The molecule has 0 unspecified atom stereocenters. The van der Waals surface area contributed by atoms with E-state index in [1.807, 2.05) is 72.8 Å². The molecule has 34 heavy (non-hydrogen) atoms. The highest BCUT2D eigenvalue weighted by Gasteiger charge is 2.09. The van der Waals surface area contributed by atoms with Crippen LogP contribution >= 0.6 is 11.6 Å². The Morgan fingerprint density at radius 1 is 0.824 bits per heavy atom. The Kier molecular flexibility index (Phi) is 7.75. The second-order valence-corrected chi connectivity index (χ2v) is 8.23. The smallest absolute Gasteiger partial charge is 0.318 e. The Labute approximate surface area is 203 Å². The molecule has 1 aromatic heterocycles. The van der Waals surface area contributed by atoms with Gasteiger partial charge in [0.15, 0.2) is 0 Å². The Bertz CT molecular complexity index is 1280. The maximum absolute atomic E-state index is 9.43. The number of hydrogen-bond donors (Lipinski definition) is 3. The van der Waals surface area contributed by atoms with Gasteiger partial charge in [-0.15, -0.1) is 0 Å². The number of aliphatic hydroxyl groups is 2. The van der Waals surface area contributed by atoms with E-state index in [2.05, 4.69) is 15.3 Å². The summed E-state index contributed by atoms with van der Waals surface area (Å²) in [7, 11) is 1.53. The highest BCUT2D eigenvalue weighted by Crippen LogP contribution is 2.27. The number of benzene rings is 3. The fourth-order valence-electron chi connectivity index (χ4n) is 3.69. The number of aliphatic hydroxyl groups excluding tert-OH is 2. The van der Waals surface area contributed by atoms with Crippen LogP contribution in [0.4, 0.5) is 5.82 Å². The van der Waals surface area contributed by atoms with Gasteiger partial charge >= 0.3 is 6.01 Å². The van der Waals surface area contributed by atoms with Crippen molar-refractivity contribution in [3.63, 3.8) is 0 Å². The predicted octanol–water partition coefficient (Wildman–Crippen LogP) is 5.11. The molecule has 6 nitrogen and oxygen atoms in total. The fourth-order valence-corrected chi connectivity index (χ4v) is 3.96. The van der Waals surface area contributed by atoms with Gasteiger partial charge in [0.1, 0.15) is 5.82 Å². The SMILES string of the molecule is COc1nc(NCCc2ccc(-c3cccc(CO)c3)cc2Cl)cc(-c2cccc(CO)c2)n1. The van der Waals surface area contributed by atoms with E-state index in [4.69, 9.17) is 16.3 Å². The zero-order valence-corrected chi connectivity index (χ0v) is 19.6. The molecule has 0 bridgehead atoms. The lowest BCUT2D eigenvalue weighted by Crippen LogP contribution is -2.08. The number of hydrogen-bond acceptors (Lipinski definition) is 6. The maximum Gasteiger partial charge on any atom is 0.318 e. The van der Waals surface area contributed by atoms with Gasteiger partial charge in [0, 0.05) is 23.2 Å². The van der Waals surface area contributed by atoms with Crippen LogP contribution in [-0.4, -0.2) is 33.8 Å². The van der Waals surface area contributed by atoms with Crippen LogP contribution in [0.2, 0.25) is 5.02 Å². The Hall–Kier alpha value is -3.45. The first-order valence-corrected chi connectivity index (χ1v) is 11.3. The summed E-state index contributed by atoms with van der Waals surface area (Å²) < 4.78 is 5.28. The molecule has 0 atom stereocenters. The third-order valence-electron chi connectivity index (χ3n) is 5.49. The van der Waals surface area contributed by atoms with Crippen molar-refractivity contribution in [1.29, 1.82) is 0 Å². The van der Waals surface area contributed by atoms with Crippen LogP contribution in [0, 0.1) is 0 Å². The lowest BCUT2D eigenvalue weighted by Gasteiger charge is -2.11. The minimum Gasteiger partial charge on any atom is -0.467 e. The van der Waals surface area contributed by atoms with Crippen molar-refractivity contribution in [3.05, 3.63) is 94.5 Å². The number of methoxy groups -OCH3 is 1. The molecule has 0 fully saturated rings. The molecule has 0 spiro atoms. The van der Waals surface area contributed by atoms with E-state index in [1.165, 1.54) is 7.11 Å². The number of ether oxygens (including phenoxy) is 1. The average Bonchev–Trinajstić information content (AvgIpc) is 2.89. The molecule has 4 rings (SSSR count). The molecular weight excluding hydrogens is 450 g/mol. The van der Waals surface area contributed by atoms with Crippen LogP contribution in [0.1, 0.15) is 16.7 Å². The number of nitrogens with one attached hydrogen (secondary N) is 1. The number of aromatic nitrogens is 2. The zero-order valence-electron chi connectivity index (χ0n) is 18.8. The summed E-state index contributed by atoms with van der Waals surface area (Å²) >= 11 is 6.57. The van der Waals surface area contributed by atoms with Crippen LogP contribution < -0.4 is 10.1 Å². The van der Waals surface area contributed by atoms with E-state index in [1.54, 1.807) is 0 Å². The number of nitrogens with zero attached hydrogens (tertiary/aromatic N) is 2. The molecule has 0 saturated carbocycles. The molecule has 3 aromatic carbocycles. The van der Waals surface area contributed by atoms with Gasteiger partial charge in [-0.1, -0.05) is 60.1 Å². The third kappa shape index (κ3) is 5.72. The first-order chi connectivity index (χ1) is 16.6. The topological polar surface area (TPSA) is 87.5 Å². The van der Waals surface area contributed by atoms with Crippen LogP contribution in [0.3, 0.4) is 0 Å². The van der Waals surface area contributed by atoms with Gasteiger partial charge < -0.3 is 20.3 Å². The minimum absolute atomic E-state index is 0.00767. The highest BCUT2D eigenvalue weighted by atomic mass is 35.5. The summed E-state index contributed by atoms with van der Waals surface area (Å²) in [5, 5.41) is 22.8. The van der Waals surface area contributed by atoms with Gasteiger partial charge in [-0.05, 0) is 52.4 Å². The Balaban J connectivity index is 1.46. The van der Waals surface area contributed by atoms with E-state index in [9.17, 15) is 10.2 Å². The number of halogens is 1. The molecule has 0 aliphatic carbocycles. The summed E-state index contributed by atoms with van der Waals surface area (Å²) in [6.07, 6.45) is 0.706. The van der Waals surface area contributed by atoms with Gasteiger partial charge in [-0.3, -0.25) is 0 Å². The number of rotatable bonds is 9. The second-order valence-electron chi connectivity index (χ2n) is 7.83. The molecule has 0 saturated heterocycles. The van der Waals surface area contributed by atoms with E-state index < -0.39 is 0 Å². The van der Waals surface area contributed by atoms with Crippen molar-refractivity contribution in [2.75, 3.05) is 19.0 Å². The summed E-state index contributed by atoms with van der Waals surface area (Å²) in [4.78, 5) is 8.83. The molecule has 4 aromatic rings. The lowest BCUT2D eigenvalue weighted by molar-refractivity contribution is 0.281. The lowest BCUT2D eigenvalue weighted by atomic mass is 10.0. The summed E-state index contributed by atoms with van der Waals surface area (Å²) in [6, 6.07) is 23.5. The zero-order chi connectivity index (χ0) is 23.9. The van der Waals surface area contributed by atoms with Crippen molar-refractivity contribution in [2.45, 2.75) is 19.6 Å². The monoisotopic (exact) mass is 475 g/mol. The average molecular weight is 476 g/mol. The summed E-state index contributed by atoms with van der Waals surface area (Å²) in [6.45, 7) is 0.594. The standard InChI is InChI=1S/C27H26ClN3O3/c1-34-27-30-25(23-7-3-5-19(13-23)17-33)15-26(31-27)29-11-10-20-8-9-22(14-24(20)28)21-6-2-4-18(12-21)16-32/h2-9,12-15,32-33H,10-11,16-17H2,1H3,(H,29,30,31). The quantitative estimate of drug-likeness (QED) is 0.312. The third-order valence-corrected chi connectivity index (χ3v) is 5.84. The van der Waals surface area contributed by atoms with Gasteiger partial charge in [-0.2, -0.15) is 9.97 Å². The van der Waals surface area contributed by atoms with Crippen LogP contribution in [0.15, 0.2) is 72.8 Å². The van der Waals surface area contributed by atoms with Gasteiger partial charge in [0.25, 0.3) is 0 Å². The molecule has 0 aliphatic rings. The largest absolute Gasteiger partial charge is 0.467 e. The molecule has 0 aliphatic heterocycles. The van der Waals surface area contributed by atoms with Crippen LogP contribution in [0.5, 0.6) is 6.01 Å². The van der Waals surface area contributed by atoms with Gasteiger partial charge in [0.2, 0.25) is 0 Å².